The number of urea groups is 1. The van der Waals surface area contributed by atoms with Gasteiger partial charge in [-0.3, -0.25) is 0 Å². The van der Waals surface area contributed by atoms with E-state index in [1.807, 2.05) is 38.1 Å². The molecule has 1 aromatic carbocycles. The minimum atomic E-state index is -0.519. The van der Waals surface area contributed by atoms with E-state index in [2.05, 4.69) is 5.32 Å². The number of nitrogens with zero attached hydrogens (tertiary/aromatic N) is 1. The van der Waals surface area contributed by atoms with Gasteiger partial charge in [-0.05, 0) is 44.9 Å². The summed E-state index contributed by atoms with van der Waals surface area (Å²) in [5.74, 6) is 0.856. The van der Waals surface area contributed by atoms with E-state index in [9.17, 15) is 9.90 Å². The van der Waals surface area contributed by atoms with E-state index in [1.165, 1.54) is 4.90 Å². The topological polar surface area (TPSA) is 61.8 Å². The van der Waals surface area contributed by atoms with Crippen molar-refractivity contribution in [2.24, 2.45) is 0 Å². The Kier molecular flexibility index (Phi) is 7.02. The van der Waals surface area contributed by atoms with Crippen molar-refractivity contribution in [3.63, 3.8) is 0 Å². The van der Waals surface area contributed by atoms with Gasteiger partial charge in [0.05, 0.1) is 12.2 Å². The van der Waals surface area contributed by atoms with Crippen LogP contribution < -0.4 is 10.1 Å². The van der Waals surface area contributed by atoms with Crippen LogP contribution in [-0.4, -0.2) is 48.4 Å². The minimum absolute atomic E-state index is 0.166. The van der Waals surface area contributed by atoms with Crippen LogP contribution in [0.3, 0.4) is 0 Å². The van der Waals surface area contributed by atoms with Crippen LogP contribution in [0.25, 0.3) is 0 Å². The molecule has 2 amide bonds. The summed E-state index contributed by atoms with van der Waals surface area (Å²) in [6, 6.07) is 7.72. The SMILES string of the molecule is CC(O)CN(C)C(=O)NCCc1ccc(OC(C)C)cc1. The van der Waals surface area contributed by atoms with Crippen molar-refractivity contribution in [3.8, 4) is 5.75 Å². The molecule has 0 aliphatic heterocycles. The Morgan fingerprint density at radius 2 is 1.90 bits per heavy atom. The molecule has 0 aliphatic carbocycles. The second-order valence-corrected chi connectivity index (χ2v) is 5.52. The molecule has 1 aromatic rings. The molecule has 0 radical (unpaired) electrons. The van der Waals surface area contributed by atoms with Crippen LogP contribution in [0.2, 0.25) is 0 Å². The summed E-state index contributed by atoms with van der Waals surface area (Å²) >= 11 is 0. The molecule has 0 spiro atoms. The fourth-order valence-corrected chi connectivity index (χ4v) is 1.93. The lowest BCUT2D eigenvalue weighted by molar-refractivity contribution is 0.144. The van der Waals surface area contributed by atoms with Gasteiger partial charge < -0.3 is 20.1 Å². The van der Waals surface area contributed by atoms with E-state index < -0.39 is 6.10 Å². The monoisotopic (exact) mass is 294 g/mol. The Morgan fingerprint density at radius 3 is 2.43 bits per heavy atom. The van der Waals surface area contributed by atoms with E-state index in [0.29, 0.717) is 13.1 Å². The summed E-state index contributed by atoms with van der Waals surface area (Å²) in [6.45, 7) is 6.53. The standard InChI is InChI=1S/C16H26N2O3/c1-12(2)21-15-7-5-14(6-8-15)9-10-17-16(20)18(4)11-13(3)19/h5-8,12-13,19H,9-11H2,1-4H3,(H,17,20). The molecule has 1 rings (SSSR count). The summed E-state index contributed by atoms with van der Waals surface area (Å²) in [5.41, 5.74) is 1.14. The number of amides is 2. The molecule has 5 nitrogen and oxygen atoms in total. The third-order valence-corrected chi connectivity index (χ3v) is 2.87. The average Bonchev–Trinajstić information content (AvgIpc) is 2.39. The van der Waals surface area contributed by atoms with Gasteiger partial charge in [-0.2, -0.15) is 0 Å². The molecular weight excluding hydrogens is 268 g/mol. The lowest BCUT2D eigenvalue weighted by Crippen LogP contribution is -2.41. The van der Waals surface area contributed by atoms with E-state index in [-0.39, 0.29) is 12.1 Å². The zero-order chi connectivity index (χ0) is 15.8. The zero-order valence-corrected chi connectivity index (χ0v) is 13.3. The summed E-state index contributed by atoms with van der Waals surface area (Å²) in [6.07, 6.45) is 0.407. The highest BCUT2D eigenvalue weighted by Crippen LogP contribution is 2.13. The maximum Gasteiger partial charge on any atom is 0.317 e. The first-order chi connectivity index (χ1) is 9.88. The molecule has 0 bridgehead atoms. The molecule has 0 saturated heterocycles. The van der Waals surface area contributed by atoms with Gasteiger partial charge in [0.2, 0.25) is 0 Å². The summed E-state index contributed by atoms with van der Waals surface area (Å²) in [4.78, 5) is 13.2. The van der Waals surface area contributed by atoms with Crippen molar-refractivity contribution >= 4 is 6.03 Å². The van der Waals surface area contributed by atoms with Crippen molar-refractivity contribution in [2.75, 3.05) is 20.1 Å². The normalized spacial score (nSPS) is 12.1. The van der Waals surface area contributed by atoms with E-state index in [4.69, 9.17) is 4.74 Å². The second-order valence-electron chi connectivity index (χ2n) is 5.52. The van der Waals surface area contributed by atoms with Crippen molar-refractivity contribution in [1.82, 2.24) is 10.2 Å². The zero-order valence-electron chi connectivity index (χ0n) is 13.3. The van der Waals surface area contributed by atoms with Crippen molar-refractivity contribution in [2.45, 2.75) is 39.4 Å². The first kappa shape index (κ1) is 17.3. The first-order valence-corrected chi connectivity index (χ1v) is 7.31. The predicted octanol–water partition coefficient (Wildman–Crippen LogP) is 2.04. The second kappa shape index (κ2) is 8.52. The average molecular weight is 294 g/mol. The Bertz CT molecular complexity index is 430. The largest absolute Gasteiger partial charge is 0.491 e. The Morgan fingerprint density at radius 1 is 1.29 bits per heavy atom. The smallest absolute Gasteiger partial charge is 0.317 e. The van der Waals surface area contributed by atoms with E-state index in [1.54, 1.807) is 14.0 Å². The van der Waals surface area contributed by atoms with Crippen LogP contribution in [0, 0.1) is 0 Å². The van der Waals surface area contributed by atoms with Crippen LogP contribution in [0.1, 0.15) is 26.3 Å². The number of hydrogen-bond donors (Lipinski definition) is 2. The Hall–Kier alpha value is -1.75. The number of likely N-dealkylation sites (N-methyl/N-ethyl adjacent to an activating group) is 1. The first-order valence-electron chi connectivity index (χ1n) is 7.31. The maximum absolute atomic E-state index is 11.7. The highest BCUT2D eigenvalue weighted by Gasteiger charge is 2.09. The molecular formula is C16H26N2O3. The summed E-state index contributed by atoms with van der Waals surface area (Å²) < 4.78 is 5.58. The van der Waals surface area contributed by atoms with Gasteiger partial charge in [0, 0.05) is 20.1 Å². The van der Waals surface area contributed by atoms with Crippen LogP contribution in [0.5, 0.6) is 5.75 Å². The van der Waals surface area contributed by atoms with Gasteiger partial charge in [-0.25, -0.2) is 4.79 Å². The molecule has 1 atom stereocenters. The Balaban J connectivity index is 2.33. The van der Waals surface area contributed by atoms with Crippen LogP contribution in [-0.2, 0) is 6.42 Å². The number of ether oxygens (including phenoxy) is 1. The Labute approximate surface area is 126 Å². The quantitative estimate of drug-likeness (QED) is 0.809. The van der Waals surface area contributed by atoms with Gasteiger partial charge in [0.25, 0.3) is 0 Å². The van der Waals surface area contributed by atoms with E-state index in [0.717, 1.165) is 17.7 Å². The van der Waals surface area contributed by atoms with Gasteiger partial charge in [0.1, 0.15) is 5.75 Å². The van der Waals surface area contributed by atoms with Crippen LogP contribution >= 0.6 is 0 Å². The summed E-state index contributed by atoms with van der Waals surface area (Å²) in [5, 5.41) is 12.1. The third-order valence-electron chi connectivity index (χ3n) is 2.87. The highest BCUT2D eigenvalue weighted by atomic mass is 16.5. The summed E-state index contributed by atoms with van der Waals surface area (Å²) in [7, 11) is 1.67. The number of carbonyl (C=O) groups is 1. The number of carbonyl (C=O) groups excluding carboxylic acids is 1. The highest BCUT2D eigenvalue weighted by molar-refractivity contribution is 5.73. The molecule has 0 aromatic heterocycles. The predicted molar refractivity (Wildman–Crippen MR) is 83.6 cm³/mol. The lowest BCUT2D eigenvalue weighted by atomic mass is 10.1. The number of hydrogen-bond acceptors (Lipinski definition) is 3. The molecule has 0 heterocycles. The van der Waals surface area contributed by atoms with Gasteiger partial charge >= 0.3 is 6.03 Å². The number of benzene rings is 1. The fourth-order valence-electron chi connectivity index (χ4n) is 1.93. The number of nitrogens with one attached hydrogen (secondary N) is 1. The molecule has 0 fully saturated rings. The van der Waals surface area contributed by atoms with Crippen molar-refractivity contribution in [1.29, 1.82) is 0 Å². The number of aliphatic hydroxyl groups is 1. The van der Waals surface area contributed by atoms with Gasteiger partial charge in [-0.15, -0.1) is 0 Å². The van der Waals surface area contributed by atoms with E-state index >= 15 is 0 Å². The van der Waals surface area contributed by atoms with Crippen LogP contribution in [0.15, 0.2) is 24.3 Å². The molecule has 5 heteroatoms. The maximum atomic E-state index is 11.7. The number of aliphatic hydroxyl groups excluding tert-OH is 1. The van der Waals surface area contributed by atoms with Crippen molar-refractivity contribution < 1.29 is 14.6 Å². The lowest BCUT2D eigenvalue weighted by Gasteiger charge is -2.19. The molecule has 1 unspecified atom stereocenters. The van der Waals surface area contributed by atoms with Crippen molar-refractivity contribution in [3.05, 3.63) is 29.8 Å². The fraction of sp³-hybridized carbons (Fsp3) is 0.562. The molecule has 0 aliphatic rings. The minimum Gasteiger partial charge on any atom is -0.491 e. The third kappa shape index (κ3) is 6.99. The van der Waals surface area contributed by atoms with Gasteiger partial charge in [0.15, 0.2) is 0 Å². The van der Waals surface area contributed by atoms with Crippen LogP contribution in [0.4, 0.5) is 4.79 Å². The molecule has 2 N–H and O–H groups in total. The molecule has 118 valence electrons. The number of rotatable bonds is 7. The molecule has 0 saturated carbocycles. The molecule has 21 heavy (non-hydrogen) atoms. The van der Waals surface area contributed by atoms with Gasteiger partial charge in [-0.1, -0.05) is 12.1 Å².